The summed E-state index contributed by atoms with van der Waals surface area (Å²) in [6.45, 7) is 0. The number of hydrogen-bond acceptors (Lipinski definition) is 4. The maximum absolute atomic E-state index is 11.1. The van der Waals surface area contributed by atoms with Gasteiger partial charge in [0.25, 0.3) is 0 Å². The van der Waals surface area contributed by atoms with E-state index < -0.39 is 7.60 Å². The summed E-state index contributed by atoms with van der Waals surface area (Å²) in [6.07, 6.45) is -0.124. The Hall–Kier alpha value is -0.870. The highest BCUT2D eigenvalue weighted by atomic mass is 31.2. The van der Waals surface area contributed by atoms with Crippen LogP contribution in [-0.2, 0) is 15.4 Å². The van der Waals surface area contributed by atoms with Crippen molar-refractivity contribution in [2.24, 2.45) is 5.90 Å². The monoisotopic (exact) mass is 217 g/mol. The molecule has 0 saturated carbocycles. The number of rotatable bonds is 4. The topological polar surface area (TPSA) is 81.8 Å². The van der Waals surface area contributed by atoms with Crippen molar-refractivity contribution in [2.45, 2.75) is 6.16 Å². The molecule has 6 heteroatoms. The molecule has 0 fully saturated rings. The zero-order valence-electron chi connectivity index (χ0n) is 7.71. The van der Waals surface area contributed by atoms with E-state index in [1.54, 1.807) is 24.3 Å². The molecular formula is C8H12NO4P. The van der Waals surface area contributed by atoms with Crippen LogP contribution in [0.1, 0.15) is 5.56 Å². The molecule has 0 aliphatic heterocycles. The molecule has 0 saturated heterocycles. The Morgan fingerprint density at radius 3 is 2.86 bits per heavy atom. The first-order valence-corrected chi connectivity index (χ1v) is 5.67. The zero-order chi connectivity index (χ0) is 10.6. The molecule has 1 unspecified atom stereocenters. The Morgan fingerprint density at radius 2 is 2.29 bits per heavy atom. The second kappa shape index (κ2) is 4.57. The lowest BCUT2D eigenvalue weighted by Gasteiger charge is -2.08. The minimum atomic E-state index is -3.70. The highest BCUT2D eigenvalue weighted by Gasteiger charge is 2.18. The predicted octanol–water partition coefficient (Wildman–Crippen LogP) is 1.27. The van der Waals surface area contributed by atoms with E-state index in [4.69, 9.17) is 9.63 Å². The van der Waals surface area contributed by atoms with E-state index in [1.165, 1.54) is 7.11 Å². The lowest BCUT2D eigenvalue weighted by atomic mass is 10.2. The van der Waals surface area contributed by atoms with Gasteiger partial charge in [0, 0.05) is 0 Å². The van der Waals surface area contributed by atoms with Crippen molar-refractivity contribution in [3.05, 3.63) is 29.8 Å². The van der Waals surface area contributed by atoms with Gasteiger partial charge in [0.15, 0.2) is 0 Å². The number of benzene rings is 1. The molecule has 0 aliphatic carbocycles. The number of nitrogens with two attached hydrogens (primary N) is 1. The fourth-order valence-electron chi connectivity index (χ4n) is 1.04. The molecule has 1 atom stereocenters. The van der Waals surface area contributed by atoms with Gasteiger partial charge in [0.1, 0.15) is 5.75 Å². The van der Waals surface area contributed by atoms with Crippen molar-refractivity contribution in [2.75, 3.05) is 7.11 Å². The van der Waals surface area contributed by atoms with Crippen LogP contribution in [0.15, 0.2) is 24.3 Å². The van der Waals surface area contributed by atoms with Crippen LogP contribution in [0.5, 0.6) is 5.75 Å². The van der Waals surface area contributed by atoms with Gasteiger partial charge < -0.3 is 9.63 Å². The van der Waals surface area contributed by atoms with E-state index in [0.29, 0.717) is 11.3 Å². The van der Waals surface area contributed by atoms with Gasteiger partial charge in [-0.15, -0.1) is 0 Å². The van der Waals surface area contributed by atoms with Crippen molar-refractivity contribution in [1.29, 1.82) is 0 Å². The van der Waals surface area contributed by atoms with Gasteiger partial charge in [-0.1, -0.05) is 12.1 Å². The summed E-state index contributed by atoms with van der Waals surface area (Å²) in [5.74, 6) is 5.30. The fourth-order valence-corrected chi connectivity index (χ4v) is 1.77. The maximum Gasteiger partial charge on any atom is 0.348 e. The van der Waals surface area contributed by atoms with Crippen LogP contribution < -0.4 is 10.6 Å². The first kappa shape index (κ1) is 11.2. The third kappa shape index (κ3) is 3.12. The Balaban J connectivity index is 2.82. The SMILES string of the molecule is COc1cccc(CP(=O)(O)ON)c1. The maximum atomic E-state index is 11.1. The average molecular weight is 217 g/mol. The van der Waals surface area contributed by atoms with Gasteiger partial charge in [-0.05, 0) is 17.7 Å². The summed E-state index contributed by atoms with van der Waals surface area (Å²) in [7, 11) is -2.18. The Kier molecular flexibility index (Phi) is 3.66. The molecule has 5 nitrogen and oxygen atoms in total. The third-order valence-corrected chi connectivity index (χ3v) is 2.78. The minimum absolute atomic E-state index is 0.124. The summed E-state index contributed by atoms with van der Waals surface area (Å²) in [5.41, 5.74) is 0.639. The molecule has 1 rings (SSSR count). The highest BCUT2D eigenvalue weighted by Crippen LogP contribution is 2.43. The second-order valence-corrected chi connectivity index (χ2v) is 4.55. The van der Waals surface area contributed by atoms with Gasteiger partial charge in [0.05, 0.1) is 13.3 Å². The van der Waals surface area contributed by atoms with Crippen molar-refractivity contribution >= 4 is 7.60 Å². The largest absolute Gasteiger partial charge is 0.497 e. The van der Waals surface area contributed by atoms with Crippen molar-refractivity contribution in [3.63, 3.8) is 0 Å². The third-order valence-electron chi connectivity index (χ3n) is 1.68. The molecule has 1 aromatic carbocycles. The molecule has 0 bridgehead atoms. The smallest absolute Gasteiger partial charge is 0.348 e. The molecule has 3 N–H and O–H groups in total. The molecule has 78 valence electrons. The molecule has 14 heavy (non-hydrogen) atoms. The molecular weight excluding hydrogens is 205 g/mol. The Morgan fingerprint density at radius 1 is 1.57 bits per heavy atom. The van der Waals surface area contributed by atoms with Gasteiger partial charge in [-0.2, -0.15) is 0 Å². The fraction of sp³-hybridized carbons (Fsp3) is 0.250. The van der Waals surface area contributed by atoms with Crippen LogP contribution in [-0.4, -0.2) is 12.0 Å². The second-order valence-electron chi connectivity index (χ2n) is 2.75. The number of methoxy groups -OCH3 is 1. The lowest BCUT2D eigenvalue weighted by Crippen LogP contribution is -1.99. The summed E-state index contributed by atoms with van der Waals surface area (Å²) in [4.78, 5) is 9.11. The van der Waals surface area contributed by atoms with Crippen molar-refractivity contribution < 1.29 is 18.8 Å². The van der Waals surface area contributed by atoms with Crippen LogP contribution in [0.2, 0.25) is 0 Å². The molecule has 0 aliphatic rings. The Bertz CT molecular complexity index is 355. The van der Waals surface area contributed by atoms with Crippen molar-refractivity contribution in [1.82, 2.24) is 0 Å². The van der Waals surface area contributed by atoms with Gasteiger partial charge in [-0.3, -0.25) is 4.57 Å². The highest BCUT2D eigenvalue weighted by molar-refractivity contribution is 7.51. The van der Waals surface area contributed by atoms with E-state index in [-0.39, 0.29) is 6.16 Å². The first-order valence-electron chi connectivity index (χ1n) is 3.90. The molecule has 0 radical (unpaired) electrons. The first-order chi connectivity index (χ1) is 6.57. The zero-order valence-corrected chi connectivity index (χ0v) is 8.61. The summed E-state index contributed by atoms with van der Waals surface area (Å²) in [6, 6.07) is 6.83. The lowest BCUT2D eigenvalue weighted by molar-refractivity contribution is 0.267. The van der Waals surface area contributed by atoms with Crippen LogP contribution in [0.3, 0.4) is 0 Å². The van der Waals surface area contributed by atoms with Gasteiger partial charge in [0.2, 0.25) is 0 Å². The van der Waals surface area contributed by atoms with E-state index in [1.807, 2.05) is 0 Å². The van der Waals surface area contributed by atoms with Gasteiger partial charge >= 0.3 is 7.60 Å². The summed E-state index contributed by atoms with van der Waals surface area (Å²) in [5, 5.41) is 0. The molecule has 1 aromatic rings. The van der Waals surface area contributed by atoms with E-state index >= 15 is 0 Å². The predicted molar refractivity (Wildman–Crippen MR) is 51.8 cm³/mol. The molecule has 0 aromatic heterocycles. The molecule has 0 spiro atoms. The van der Waals surface area contributed by atoms with Crippen LogP contribution in [0.25, 0.3) is 0 Å². The van der Waals surface area contributed by atoms with E-state index in [0.717, 1.165) is 0 Å². The number of hydrogen-bond donors (Lipinski definition) is 2. The van der Waals surface area contributed by atoms with Crippen LogP contribution >= 0.6 is 7.60 Å². The average Bonchev–Trinajstić information content (AvgIpc) is 2.17. The summed E-state index contributed by atoms with van der Waals surface area (Å²) < 4.78 is 20.1. The number of ether oxygens (including phenoxy) is 1. The van der Waals surface area contributed by atoms with Gasteiger partial charge in [-0.25, -0.2) is 10.5 Å². The minimum Gasteiger partial charge on any atom is -0.497 e. The normalized spacial score (nSPS) is 14.8. The quantitative estimate of drug-likeness (QED) is 0.586. The Labute approximate surface area is 81.9 Å². The molecule has 0 heterocycles. The summed E-state index contributed by atoms with van der Waals surface area (Å²) >= 11 is 0. The van der Waals surface area contributed by atoms with Crippen molar-refractivity contribution in [3.8, 4) is 5.75 Å². The van der Waals surface area contributed by atoms with Crippen LogP contribution in [0.4, 0.5) is 0 Å². The van der Waals surface area contributed by atoms with E-state index in [2.05, 4.69) is 10.5 Å². The van der Waals surface area contributed by atoms with Crippen LogP contribution in [0, 0.1) is 0 Å². The van der Waals surface area contributed by atoms with E-state index in [9.17, 15) is 4.57 Å². The standard InChI is InChI=1S/C8H12NO4P/c1-12-8-4-2-3-7(5-8)6-14(10,11)13-9/h2-5H,6,9H2,1H3,(H,10,11). The molecule has 0 amide bonds.